The Bertz CT molecular complexity index is 1640. The van der Waals surface area contributed by atoms with Gasteiger partial charge in [0.15, 0.2) is 11.5 Å². The van der Waals surface area contributed by atoms with Gasteiger partial charge in [-0.1, -0.05) is 30.3 Å². The number of nitrogens with one attached hydrogen (secondary N) is 2. The molecular weight excluding hydrogens is 454 g/mol. The summed E-state index contributed by atoms with van der Waals surface area (Å²) >= 11 is 0. The predicted octanol–water partition coefficient (Wildman–Crippen LogP) is 4.95. The van der Waals surface area contributed by atoms with Crippen molar-refractivity contribution in [1.29, 1.82) is 0 Å². The minimum atomic E-state index is -0.201. The van der Waals surface area contributed by atoms with Gasteiger partial charge in [0.25, 0.3) is 11.8 Å². The van der Waals surface area contributed by atoms with E-state index in [1.807, 2.05) is 54.6 Å². The van der Waals surface area contributed by atoms with Gasteiger partial charge in [-0.3, -0.25) is 9.59 Å². The Morgan fingerprint density at radius 1 is 1.00 bits per heavy atom. The lowest BCUT2D eigenvalue weighted by atomic mass is 9.99. The van der Waals surface area contributed by atoms with E-state index < -0.39 is 0 Å². The number of hydrogen-bond acceptors (Lipinski definition) is 5. The summed E-state index contributed by atoms with van der Waals surface area (Å²) in [5.74, 6) is 1.16. The number of aromatic nitrogens is 1. The molecule has 0 radical (unpaired) electrons. The van der Waals surface area contributed by atoms with Crippen LogP contribution in [0.25, 0.3) is 22.6 Å². The van der Waals surface area contributed by atoms with E-state index in [1.165, 1.54) is 0 Å². The van der Waals surface area contributed by atoms with Crippen molar-refractivity contribution in [3.05, 3.63) is 94.2 Å². The zero-order valence-corrected chi connectivity index (χ0v) is 19.3. The van der Waals surface area contributed by atoms with Gasteiger partial charge >= 0.3 is 0 Å². The molecule has 0 saturated carbocycles. The van der Waals surface area contributed by atoms with Gasteiger partial charge in [0.05, 0.1) is 16.8 Å². The van der Waals surface area contributed by atoms with Gasteiger partial charge in [0, 0.05) is 23.2 Å². The van der Waals surface area contributed by atoms with Crippen molar-refractivity contribution in [3.8, 4) is 11.5 Å². The third kappa shape index (κ3) is 3.32. The molecule has 0 bridgehead atoms. The van der Waals surface area contributed by atoms with Crippen molar-refractivity contribution >= 4 is 40.1 Å². The summed E-state index contributed by atoms with van der Waals surface area (Å²) in [6.07, 6.45) is 3.61. The van der Waals surface area contributed by atoms with Crippen molar-refractivity contribution in [3.63, 3.8) is 0 Å². The first-order valence-electron chi connectivity index (χ1n) is 11.9. The highest BCUT2D eigenvalue weighted by Crippen LogP contribution is 2.39. The van der Waals surface area contributed by atoms with Crippen LogP contribution in [0, 0.1) is 0 Å². The number of allylic oxidation sites excluding steroid dienone is 1. The van der Waals surface area contributed by atoms with E-state index in [0.717, 1.165) is 63.2 Å². The lowest BCUT2D eigenvalue weighted by molar-refractivity contribution is 0.0964. The van der Waals surface area contributed by atoms with Gasteiger partial charge in [-0.25, -0.2) is 4.98 Å². The molecule has 7 heteroatoms. The summed E-state index contributed by atoms with van der Waals surface area (Å²) in [5, 5.41) is 6.66. The molecule has 4 aromatic rings. The van der Waals surface area contributed by atoms with Gasteiger partial charge in [-0.15, -0.1) is 0 Å². The number of ether oxygens (including phenoxy) is 2. The Labute approximate surface area is 206 Å². The monoisotopic (exact) mass is 475 g/mol. The van der Waals surface area contributed by atoms with E-state index >= 15 is 0 Å². The number of hydrogen-bond donors (Lipinski definition) is 2. The number of fused-ring (bicyclic) bond motifs is 4. The smallest absolute Gasteiger partial charge is 0.256 e. The highest BCUT2D eigenvalue weighted by atomic mass is 16.7. The summed E-state index contributed by atoms with van der Waals surface area (Å²) < 4.78 is 11.0. The highest BCUT2D eigenvalue weighted by Gasteiger charge is 2.27. The maximum absolute atomic E-state index is 13.7. The molecule has 2 aliphatic heterocycles. The summed E-state index contributed by atoms with van der Waals surface area (Å²) in [4.78, 5) is 30.7. The minimum Gasteiger partial charge on any atom is -0.454 e. The van der Waals surface area contributed by atoms with Crippen molar-refractivity contribution in [2.24, 2.45) is 0 Å². The first kappa shape index (κ1) is 20.7. The highest BCUT2D eigenvalue weighted by molar-refractivity contribution is 6.15. The molecule has 2 amide bonds. The lowest BCUT2D eigenvalue weighted by Crippen LogP contribution is -2.16. The van der Waals surface area contributed by atoms with Crippen molar-refractivity contribution in [2.45, 2.75) is 19.4 Å². The molecule has 2 N–H and O–H groups in total. The van der Waals surface area contributed by atoms with Crippen molar-refractivity contribution in [1.82, 2.24) is 10.3 Å². The largest absolute Gasteiger partial charge is 0.454 e. The molecule has 0 saturated heterocycles. The van der Waals surface area contributed by atoms with E-state index in [0.29, 0.717) is 23.4 Å². The topological polar surface area (TPSA) is 89.6 Å². The molecule has 0 fully saturated rings. The maximum atomic E-state index is 13.7. The van der Waals surface area contributed by atoms with Crippen LogP contribution in [-0.4, -0.2) is 23.6 Å². The van der Waals surface area contributed by atoms with Gasteiger partial charge in [0.2, 0.25) is 6.79 Å². The summed E-state index contributed by atoms with van der Waals surface area (Å²) in [5.41, 5.74) is 7.42. The van der Waals surface area contributed by atoms with Crippen LogP contribution in [0.4, 0.5) is 5.69 Å². The quantitative estimate of drug-likeness (QED) is 0.438. The number of anilines is 1. The molecule has 1 aliphatic carbocycles. The second-order valence-corrected chi connectivity index (χ2v) is 9.12. The molecule has 36 heavy (non-hydrogen) atoms. The first-order valence-corrected chi connectivity index (χ1v) is 11.9. The van der Waals surface area contributed by atoms with Crippen LogP contribution >= 0.6 is 0 Å². The van der Waals surface area contributed by atoms with Gasteiger partial charge in [0.1, 0.15) is 0 Å². The van der Waals surface area contributed by atoms with E-state index in [9.17, 15) is 9.59 Å². The van der Waals surface area contributed by atoms with Gasteiger partial charge < -0.3 is 20.1 Å². The Morgan fingerprint density at radius 3 is 2.83 bits per heavy atom. The zero-order valence-electron chi connectivity index (χ0n) is 19.3. The molecule has 3 aliphatic rings. The van der Waals surface area contributed by atoms with Crippen LogP contribution in [0.15, 0.2) is 60.7 Å². The SMILES string of the molecule is O=C1NCc2ccc(NC(=O)c3c4c(nc5ccccc35)/C(=C\c3ccc5c(c3)OCO5)CC4)cc21. The first-order chi connectivity index (χ1) is 17.6. The summed E-state index contributed by atoms with van der Waals surface area (Å²) in [6, 6.07) is 19.1. The van der Waals surface area contributed by atoms with Crippen LogP contribution in [-0.2, 0) is 13.0 Å². The molecule has 0 unspecified atom stereocenters. The van der Waals surface area contributed by atoms with Crippen LogP contribution in [0.1, 0.15) is 49.5 Å². The molecular formula is C29H21N3O4. The number of para-hydroxylation sites is 1. The normalized spacial score (nSPS) is 16.2. The maximum Gasteiger partial charge on any atom is 0.256 e. The van der Waals surface area contributed by atoms with Crippen LogP contribution < -0.4 is 20.1 Å². The van der Waals surface area contributed by atoms with Crippen LogP contribution in [0.2, 0.25) is 0 Å². The number of rotatable bonds is 3. The minimum absolute atomic E-state index is 0.116. The van der Waals surface area contributed by atoms with Gasteiger partial charge in [-0.05, 0) is 71.5 Å². The molecule has 3 heterocycles. The average Bonchev–Trinajstić information content (AvgIpc) is 3.62. The Morgan fingerprint density at radius 2 is 1.89 bits per heavy atom. The summed E-state index contributed by atoms with van der Waals surface area (Å²) in [6.45, 7) is 0.752. The van der Waals surface area contributed by atoms with Crippen molar-refractivity contribution in [2.75, 3.05) is 12.1 Å². The predicted molar refractivity (Wildman–Crippen MR) is 136 cm³/mol. The second kappa shape index (κ2) is 7.95. The number of carbonyl (C=O) groups excluding carboxylic acids is 2. The average molecular weight is 476 g/mol. The number of benzene rings is 3. The molecule has 0 spiro atoms. The second-order valence-electron chi connectivity index (χ2n) is 9.12. The lowest BCUT2D eigenvalue weighted by Gasteiger charge is -2.13. The van der Waals surface area contributed by atoms with E-state index in [2.05, 4.69) is 16.7 Å². The third-order valence-electron chi connectivity index (χ3n) is 6.96. The number of amides is 2. The molecule has 1 aromatic heterocycles. The molecule has 7 nitrogen and oxygen atoms in total. The fraction of sp³-hybridized carbons (Fsp3) is 0.138. The Balaban J connectivity index is 1.30. The third-order valence-corrected chi connectivity index (χ3v) is 6.96. The molecule has 176 valence electrons. The number of pyridine rings is 1. The number of carbonyl (C=O) groups is 2. The zero-order chi connectivity index (χ0) is 24.2. The van der Waals surface area contributed by atoms with Crippen molar-refractivity contribution < 1.29 is 19.1 Å². The molecule has 0 atom stereocenters. The van der Waals surface area contributed by atoms with E-state index in [-0.39, 0.29) is 18.6 Å². The van der Waals surface area contributed by atoms with Crippen LogP contribution in [0.3, 0.4) is 0 Å². The molecule has 7 rings (SSSR count). The van der Waals surface area contributed by atoms with E-state index in [4.69, 9.17) is 14.5 Å². The molecule has 3 aromatic carbocycles. The standard InChI is InChI=1S/C29H21N3O4/c33-28-22-13-19(8-6-18(22)14-30-28)31-29(34)26-20-3-1-2-4-23(20)32-27-17(7-9-21(26)27)11-16-5-10-24-25(12-16)36-15-35-24/h1-6,8,10-13H,7,9,14-15H2,(H,30,33)(H,31,34)/b17-11-. The Hall–Kier alpha value is -4.65. The number of nitrogens with zero attached hydrogens (tertiary/aromatic N) is 1. The summed E-state index contributed by atoms with van der Waals surface area (Å²) in [7, 11) is 0. The fourth-order valence-electron chi connectivity index (χ4n) is 5.23. The van der Waals surface area contributed by atoms with E-state index in [1.54, 1.807) is 6.07 Å². The Kier molecular flexibility index (Phi) is 4.57. The van der Waals surface area contributed by atoms with Gasteiger partial charge in [-0.2, -0.15) is 0 Å². The van der Waals surface area contributed by atoms with Crippen LogP contribution in [0.5, 0.6) is 11.5 Å². The fourth-order valence-corrected chi connectivity index (χ4v) is 5.23.